The Labute approximate surface area is 185 Å². The second-order valence-corrected chi connectivity index (χ2v) is 10.3. The molecule has 0 aliphatic carbocycles. The summed E-state index contributed by atoms with van der Waals surface area (Å²) in [7, 11) is -3.44. The largest absolute Gasteiger partial charge is 0.369 e. The fourth-order valence-electron chi connectivity index (χ4n) is 3.24. The van der Waals surface area contributed by atoms with Crippen LogP contribution in [0.4, 0.5) is 5.69 Å². The van der Waals surface area contributed by atoms with Crippen LogP contribution in [0.2, 0.25) is 5.02 Å². The molecule has 0 saturated carbocycles. The number of nitrogens with zero attached hydrogens (tertiary/aromatic N) is 2. The van der Waals surface area contributed by atoms with E-state index in [4.69, 9.17) is 11.6 Å². The van der Waals surface area contributed by atoms with E-state index in [9.17, 15) is 13.2 Å². The van der Waals surface area contributed by atoms with Crippen molar-refractivity contribution in [2.24, 2.45) is 0 Å². The number of hydrogen-bond acceptors (Lipinski definition) is 4. The molecule has 1 aliphatic heterocycles. The van der Waals surface area contributed by atoms with E-state index in [1.807, 2.05) is 25.1 Å². The lowest BCUT2D eigenvalue weighted by Gasteiger charge is -2.35. The van der Waals surface area contributed by atoms with E-state index in [1.165, 1.54) is 9.87 Å². The molecule has 1 aliphatic rings. The summed E-state index contributed by atoms with van der Waals surface area (Å²) < 4.78 is 27.5. The Balaban J connectivity index is 1.51. The predicted octanol–water partition coefficient (Wildman–Crippen LogP) is 3.29. The number of amides is 1. The number of rotatable bonds is 6. The van der Waals surface area contributed by atoms with Gasteiger partial charge in [-0.15, -0.1) is 0 Å². The van der Waals surface area contributed by atoms with E-state index in [0.29, 0.717) is 36.8 Å². The highest BCUT2D eigenvalue weighted by Crippen LogP contribution is 2.21. The van der Waals surface area contributed by atoms with Gasteiger partial charge in [-0.2, -0.15) is 4.31 Å². The van der Waals surface area contributed by atoms with Gasteiger partial charge in [-0.1, -0.05) is 39.7 Å². The van der Waals surface area contributed by atoms with Gasteiger partial charge in [0.05, 0.1) is 16.3 Å². The molecular formula is C20H23BrClN3O3S. The molecule has 1 saturated heterocycles. The highest BCUT2D eigenvalue weighted by molar-refractivity contribution is 9.10. The van der Waals surface area contributed by atoms with Gasteiger partial charge >= 0.3 is 0 Å². The Hall–Kier alpha value is -1.61. The van der Waals surface area contributed by atoms with Crippen molar-refractivity contribution in [2.75, 3.05) is 43.4 Å². The standard InChI is InChI=1S/C20H23BrClN3O3S/c1-15-3-2-4-17(13-15)24-8-10-25(11-9-24)29(27,28)12-7-23-20(26)18-14-16(21)5-6-19(18)22/h2-6,13-14H,7-12H2,1H3,(H,23,26). The van der Waals surface area contributed by atoms with E-state index in [-0.39, 0.29) is 12.3 Å². The number of benzene rings is 2. The lowest BCUT2D eigenvalue weighted by molar-refractivity contribution is 0.0956. The van der Waals surface area contributed by atoms with Gasteiger partial charge in [0, 0.05) is 42.9 Å². The molecule has 1 amide bonds. The molecule has 2 aromatic carbocycles. The number of aryl methyl sites for hydroxylation is 1. The van der Waals surface area contributed by atoms with Crippen molar-refractivity contribution in [1.82, 2.24) is 9.62 Å². The monoisotopic (exact) mass is 499 g/mol. The van der Waals surface area contributed by atoms with Gasteiger partial charge in [0.15, 0.2) is 0 Å². The predicted molar refractivity (Wildman–Crippen MR) is 120 cm³/mol. The summed E-state index contributed by atoms with van der Waals surface area (Å²) >= 11 is 9.34. The Morgan fingerprint density at radius 1 is 1.14 bits per heavy atom. The van der Waals surface area contributed by atoms with Crippen LogP contribution in [0, 0.1) is 6.92 Å². The zero-order valence-electron chi connectivity index (χ0n) is 16.1. The summed E-state index contributed by atoms with van der Waals surface area (Å²) in [4.78, 5) is 14.5. The SMILES string of the molecule is Cc1cccc(N2CCN(S(=O)(=O)CCNC(=O)c3cc(Br)ccc3Cl)CC2)c1. The summed E-state index contributed by atoms with van der Waals surface area (Å²) in [6.07, 6.45) is 0. The fourth-order valence-corrected chi connectivity index (χ4v) is 5.14. The minimum absolute atomic E-state index is 0.0299. The van der Waals surface area contributed by atoms with Gasteiger partial charge < -0.3 is 10.2 Å². The molecule has 6 nitrogen and oxygen atoms in total. The molecule has 2 aromatic rings. The number of sulfonamides is 1. The van der Waals surface area contributed by atoms with Crippen molar-refractivity contribution in [3.05, 3.63) is 63.1 Å². The topological polar surface area (TPSA) is 69.7 Å². The van der Waals surface area contributed by atoms with E-state index < -0.39 is 15.9 Å². The maximum atomic E-state index is 12.6. The van der Waals surface area contributed by atoms with Crippen molar-refractivity contribution in [2.45, 2.75) is 6.92 Å². The molecule has 0 aromatic heterocycles. The van der Waals surface area contributed by atoms with Gasteiger partial charge in [0.2, 0.25) is 10.0 Å². The first kappa shape index (κ1) is 22.1. The molecule has 0 spiro atoms. The average Bonchev–Trinajstić information content (AvgIpc) is 2.69. The smallest absolute Gasteiger partial charge is 0.252 e. The summed E-state index contributed by atoms with van der Waals surface area (Å²) in [6, 6.07) is 13.2. The third-order valence-electron chi connectivity index (χ3n) is 4.82. The molecule has 156 valence electrons. The Kier molecular flexibility index (Phi) is 7.21. The summed E-state index contributed by atoms with van der Waals surface area (Å²) in [5.74, 6) is -0.537. The molecule has 0 radical (unpaired) electrons. The lowest BCUT2D eigenvalue weighted by Crippen LogP contribution is -2.50. The number of anilines is 1. The van der Waals surface area contributed by atoms with Gasteiger partial charge in [0.1, 0.15) is 0 Å². The van der Waals surface area contributed by atoms with Crippen LogP contribution in [0.3, 0.4) is 0 Å². The van der Waals surface area contributed by atoms with Crippen molar-refractivity contribution in [3.8, 4) is 0 Å². The minimum atomic E-state index is -3.44. The second-order valence-electron chi connectivity index (χ2n) is 6.92. The average molecular weight is 501 g/mol. The first-order valence-electron chi connectivity index (χ1n) is 9.29. The van der Waals surface area contributed by atoms with Crippen molar-refractivity contribution < 1.29 is 13.2 Å². The number of carbonyl (C=O) groups is 1. The third kappa shape index (κ3) is 5.72. The molecule has 29 heavy (non-hydrogen) atoms. The van der Waals surface area contributed by atoms with Crippen molar-refractivity contribution in [1.29, 1.82) is 0 Å². The number of nitrogens with one attached hydrogen (secondary N) is 1. The number of halogens is 2. The van der Waals surface area contributed by atoms with E-state index >= 15 is 0 Å². The maximum absolute atomic E-state index is 12.6. The van der Waals surface area contributed by atoms with Gasteiger partial charge in [0.25, 0.3) is 5.91 Å². The number of hydrogen-bond donors (Lipinski definition) is 1. The maximum Gasteiger partial charge on any atom is 0.252 e. The molecule has 0 bridgehead atoms. The Morgan fingerprint density at radius 3 is 2.55 bits per heavy atom. The van der Waals surface area contributed by atoms with Crippen LogP contribution >= 0.6 is 27.5 Å². The molecule has 1 N–H and O–H groups in total. The van der Waals surface area contributed by atoms with Crippen molar-refractivity contribution >= 4 is 49.1 Å². The normalized spacial score (nSPS) is 15.3. The summed E-state index contributed by atoms with van der Waals surface area (Å²) in [6.45, 7) is 4.22. The summed E-state index contributed by atoms with van der Waals surface area (Å²) in [5, 5.41) is 2.96. The summed E-state index contributed by atoms with van der Waals surface area (Å²) in [5.41, 5.74) is 2.60. The van der Waals surface area contributed by atoms with E-state index in [2.05, 4.69) is 32.2 Å². The van der Waals surface area contributed by atoms with Crippen LogP contribution in [0.15, 0.2) is 46.9 Å². The zero-order chi connectivity index (χ0) is 21.0. The zero-order valence-corrected chi connectivity index (χ0v) is 19.2. The van der Waals surface area contributed by atoms with Crippen LogP contribution < -0.4 is 10.2 Å². The van der Waals surface area contributed by atoms with E-state index in [1.54, 1.807) is 18.2 Å². The Bertz CT molecular complexity index is 992. The molecule has 0 unspecified atom stereocenters. The molecule has 9 heteroatoms. The van der Waals surface area contributed by atoms with Gasteiger partial charge in [-0.05, 0) is 42.8 Å². The van der Waals surface area contributed by atoms with E-state index in [0.717, 1.165) is 10.2 Å². The highest BCUT2D eigenvalue weighted by atomic mass is 79.9. The minimum Gasteiger partial charge on any atom is -0.369 e. The quantitative estimate of drug-likeness (QED) is 0.661. The first-order valence-corrected chi connectivity index (χ1v) is 12.1. The van der Waals surface area contributed by atoms with Gasteiger partial charge in [-0.25, -0.2) is 8.42 Å². The Morgan fingerprint density at radius 2 is 1.86 bits per heavy atom. The van der Waals surface area contributed by atoms with Crippen LogP contribution in [-0.4, -0.2) is 57.1 Å². The molecule has 3 rings (SSSR count). The van der Waals surface area contributed by atoms with Crippen molar-refractivity contribution in [3.63, 3.8) is 0 Å². The third-order valence-corrected chi connectivity index (χ3v) is 7.51. The van der Waals surface area contributed by atoms with Crippen LogP contribution in [0.5, 0.6) is 0 Å². The number of piperazine rings is 1. The van der Waals surface area contributed by atoms with Crippen LogP contribution in [-0.2, 0) is 10.0 Å². The molecule has 1 fully saturated rings. The molecule has 0 atom stereocenters. The lowest BCUT2D eigenvalue weighted by atomic mass is 10.2. The second kappa shape index (κ2) is 9.47. The molecule has 1 heterocycles. The van der Waals surface area contributed by atoms with Crippen LogP contribution in [0.1, 0.15) is 15.9 Å². The van der Waals surface area contributed by atoms with Crippen LogP contribution in [0.25, 0.3) is 0 Å². The number of carbonyl (C=O) groups excluding carboxylic acids is 1. The highest BCUT2D eigenvalue weighted by Gasteiger charge is 2.27. The first-order chi connectivity index (χ1) is 13.8. The fraction of sp³-hybridized carbons (Fsp3) is 0.350. The van der Waals surface area contributed by atoms with Gasteiger partial charge in [-0.3, -0.25) is 4.79 Å². The molecular weight excluding hydrogens is 478 g/mol.